The molecule has 1 aromatic heterocycles. The molecule has 0 saturated heterocycles. The lowest BCUT2D eigenvalue weighted by molar-refractivity contribution is -0.142. The van der Waals surface area contributed by atoms with E-state index in [1.807, 2.05) is 52.0 Å². The summed E-state index contributed by atoms with van der Waals surface area (Å²) in [6.45, 7) is 9.43. The standard InChI is InChI=1S/C34H41FN2O5S/c1-19(33(38)39)32(22-8-9-22)24-10-7-21-12-14-29(42-30(21)16-24)23-11-13-25(27-17-31(41-6)36-18-28(27)35)26(15-23)20(2)37-43(40)34(3,4)5/h7,10-11,13,15-20,22,29,32,37H,8-9,12,14H2,1-6H3,(H,38,39)/t19-,20-,29?,32-,43?/m0/s1. The number of carbonyl (C=O) groups is 1. The lowest BCUT2D eigenvalue weighted by atomic mass is 9.82. The summed E-state index contributed by atoms with van der Waals surface area (Å²) >= 11 is -1.35. The number of fused-ring (bicyclic) bond motifs is 1. The zero-order valence-corrected chi connectivity index (χ0v) is 26.5. The maximum absolute atomic E-state index is 15.1. The maximum atomic E-state index is 15.1. The number of rotatable bonds is 10. The minimum atomic E-state index is -1.35. The van der Waals surface area contributed by atoms with E-state index in [0.29, 0.717) is 22.9 Å². The van der Waals surface area contributed by atoms with Crippen LogP contribution < -0.4 is 14.2 Å². The van der Waals surface area contributed by atoms with E-state index in [0.717, 1.165) is 59.9 Å². The van der Waals surface area contributed by atoms with E-state index in [2.05, 4.69) is 21.8 Å². The molecular formula is C34H41FN2O5S. The molecule has 0 radical (unpaired) electrons. The van der Waals surface area contributed by atoms with Crippen LogP contribution in [0.15, 0.2) is 48.7 Å². The molecule has 2 N–H and O–H groups in total. The fourth-order valence-electron chi connectivity index (χ4n) is 5.93. The smallest absolute Gasteiger partial charge is 0.306 e. The molecule has 7 nitrogen and oxygen atoms in total. The molecule has 2 aromatic carbocycles. The third-order valence-corrected chi connectivity index (χ3v) is 10.2. The number of aliphatic carboxylic acids is 1. The van der Waals surface area contributed by atoms with E-state index in [1.54, 1.807) is 13.0 Å². The molecule has 1 aliphatic heterocycles. The van der Waals surface area contributed by atoms with Crippen LogP contribution >= 0.6 is 0 Å². The SMILES string of the molecule is COc1cc(-c2ccc(C3CCc4ccc([C@H](C5CC5)[C@H](C)C(=O)O)cc4O3)cc2[C@H](C)N[S+]([O-])C(C)(C)C)c(F)cn1. The minimum absolute atomic E-state index is 0.0412. The van der Waals surface area contributed by atoms with Crippen molar-refractivity contribution in [2.45, 2.75) is 83.1 Å². The summed E-state index contributed by atoms with van der Waals surface area (Å²) in [5, 5.41) is 9.75. The van der Waals surface area contributed by atoms with Crippen LogP contribution in [0.4, 0.5) is 4.39 Å². The topological polar surface area (TPSA) is 104 Å². The molecular weight excluding hydrogens is 567 g/mol. The molecule has 230 valence electrons. The van der Waals surface area contributed by atoms with Crippen molar-refractivity contribution in [3.8, 4) is 22.8 Å². The summed E-state index contributed by atoms with van der Waals surface area (Å²) < 4.78 is 42.8. The zero-order chi connectivity index (χ0) is 31.1. The molecule has 9 heteroatoms. The van der Waals surface area contributed by atoms with E-state index < -0.39 is 33.8 Å². The normalized spacial score (nSPS) is 19.5. The molecule has 3 aromatic rings. The van der Waals surface area contributed by atoms with Gasteiger partial charge in [0.15, 0.2) is 0 Å². The molecule has 1 saturated carbocycles. The minimum Gasteiger partial charge on any atom is -0.598 e. The van der Waals surface area contributed by atoms with Crippen LogP contribution in [0.1, 0.15) is 94.2 Å². The van der Waals surface area contributed by atoms with Crippen molar-refractivity contribution in [3.63, 3.8) is 0 Å². The van der Waals surface area contributed by atoms with E-state index in [9.17, 15) is 14.5 Å². The summed E-state index contributed by atoms with van der Waals surface area (Å²) in [5.74, 6) is -0.295. The summed E-state index contributed by atoms with van der Waals surface area (Å²) in [6, 6.07) is 13.2. The summed E-state index contributed by atoms with van der Waals surface area (Å²) in [6.07, 6.45) is 4.58. The first-order valence-electron chi connectivity index (χ1n) is 14.9. The molecule has 1 fully saturated rings. The van der Waals surface area contributed by atoms with Crippen LogP contribution in [-0.4, -0.2) is 32.5 Å². The van der Waals surface area contributed by atoms with Crippen LogP contribution in [0.5, 0.6) is 11.6 Å². The van der Waals surface area contributed by atoms with Crippen molar-refractivity contribution in [3.05, 3.63) is 76.7 Å². The van der Waals surface area contributed by atoms with Crippen molar-refractivity contribution >= 4 is 17.3 Å². The number of aryl methyl sites for hydroxylation is 1. The van der Waals surface area contributed by atoms with Crippen molar-refractivity contribution in [2.75, 3.05) is 7.11 Å². The summed E-state index contributed by atoms with van der Waals surface area (Å²) in [4.78, 5) is 15.9. The van der Waals surface area contributed by atoms with Gasteiger partial charge in [0, 0.05) is 23.0 Å². The van der Waals surface area contributed by atoms with Gasteiger partial charge in [0.1, 0.15) is 22.4 Å². The number of benzene rings is 2. The molecule has 2 heterocycles. The van der Waals surface area contributed by atoms with Gasteiger partial charge in [0.05, 0.1) is 25.3 Å². The second-order valence-corrected chi connectivity index (χ2v) is 14.8. The zero-order valence-electron chi connectivity index (χ0n) is 25.6. The molecule has 0 amide bonds. The first-order chi connectivity index (χ1) is 20.4. The number of nitrogens with one attached hydrogen (secondary N) is 1. The third kappa shape index (κ3) is 6.84. The van der Waals surface area contributed by atoms with Crippen LogP contribution in [-0.2, 0) is 22.6 Å². The van der Waals surface area contributed by atoms with E-state index in [4.69, 9.17) is 9.47 Å². The Morgan fingerprint density at radius 2 is 1.88 bits per heavy atom. The molecule has 43 heavy (non-hydrogen) atoms. The van der Waals surface area contributed by atoms with Crippen molar-refractivity contribution < 1.29 is 28.3 Å². The fourth-order valence-corrected chi connectivity index (χ4v) is 6.73. The molecule has 5 rings (SSSR count). The van der Waals surface area contributed by atoms with Gasteiger partial charge in [0.2, 0.25) is 5.88 Å². The second-order valence-electron chi connectivity index (χ2n) is 12.8. The number of ether oxygens (including phenoxy) is 2. The molecule has 5 atom stereocenters. The van der Waals surface area contributed by atoms with Gasteiger partial charge < -0.3 is 19.1 Å². The summed E-state index contributed by atoms with van der Waals surface area (Å²) in [5.41, 5.74) is 4.84. The van der Waals surface area contributed by atoms with E-state index in [1.165, 1.54) is 7.11 Å². The Morgan fingerprint density at radius 3 is 2.53 bits per heavy atom. The molecule has 0 bridgehead atoms. The molecule has 2 unspecified atom stereocenters. The number of methoxy groups -OCH3 is 1. The average Bonchev–Trinajstić information content (AvgIpc) is 3.81. The van der Waals surface area contributed by atoms with Crippen LogP contribution in [0, 0.1) is 17.7 Å². The maximum Gasteiger partial charge on any atom is 0.306 e. The second kappa shape index (κ2) is 12.5. The Balaban J connectivity index is 1.49. The van der Waals surface area contributed by atoms with Crippen molar-refractivity contribution in [1.29, 1.82) is 0 Å². The van der Waals surface area contributed by atoms with Crippen LogP contribution in [0.25, 0.3) is 11.1 Å². The molecule has 1 aliphatic carbocycles. The number of halogens is 1. The van der Waals surface area contributed by atoms with Gasteiger partial charge in [-0.3, -0.25) is 4.79 Å². The molecule has 2 aliphatic rings. The molecule has 0 spiro atoms. The Labute approximate surface area is 256 Å². The van der Waals surface area contributed by atoms with Gasteiger partial charge in [0.25, 0.3) is 0 Å². The van der Waals surface area contributed by atoms with Crippen molar-refractivity contribution in [1.82, 2.24) is 9.71 Å². The monoisotopic (exact) mass is 608 g/mol. The van der Waals surface area contributed by atoms with E-state index >= 15 is 4.39 Å². The summed E-state index contributed by atoms with van der Waals surface area (Å²) in [7, 11) is 1.49. The Morgan fingerprint density at radius 1 is 1.14 bits per heavy atom. The quantitative estimate of drug-likeness (QED) is 0.233. The number of aromatic nitrogens is 1. The third-order valence-electron chi connectivity index (χ3n) is 8.56. The number of nitrogens with zero attached hydrogens (tertiary/aromatic N) is 1. The predicted molar refractivity (Wildman–Crippen MR) is 166 cm³/mol. The Kier molecular flexibility index (Phi) is 9.07. The van der Waals surface area contributed by atoms with E-state index in [-0.39, 0.29) is 18.1 Å². The Bertz CT molecular complexity index is 1490. The lowest BCUT2D eigenvalue weighted by Crippen LogP contribution is -2.40. The first-order valence-corrected chi connectivity index (χ1v) is 16.1. The van der Waals surface area contributed by atoms with Crippen LogP contribution in [0.2, 0.25) is 0 Å². The van der Waals surface area contributed by atoms with Crippen molar-refractivity contribution in [2.24, 2.45) is 11.8 Å². The number of pyridine rings is 1. The highest BCUT2D eigenvalue weighted by molar-refractivity contribution is 7.90. The van der Waals surface area contributed by atoms with Crippen LogP contribution in [0.3, 0.4) is 0 Å². The first kappa shape index (κ1) is 31.3. The highest BCUT2D eigenvalue weighted by atomic mass is 32.2. The van der Waals surface area contributed by atoms with Gasteiger partial charge in [-0.15, -0.1) is 4.72 Å². The number of hydrogen-bond donors (Lipinski definition) is 2. The number of carboxylic acids is 1. The van der Waals surface area contributed by atoms with Gasteiger partial charge in [-0.2, -0.15) is 0 Å². The number of carboxylic acid groups (broad SMARTS) is 1. The van der Waals surface area contributed by atoms with Gasteiger partial charge >= 0.3 is 5.97 Å². The fraction of sp³-hybridized carbons (Fsp3) is 0.471. The lowest BCUT2D eigenvalue weighted by Gasteiger charge is -2.30. The van der Waals surface area contributed by atoms with Gasteiger partial charge in [-0.05, 0) is 105 Å². The van der Waals surface area contributed by atoms with Gasteiger partial charge in [-0.1, -0.05) is 31.2 Å². The average molecular weight is 609 g/mol. The highest BCUT2D eigenvalue weighted by Crippen LogP contribution is 2.48. The largest absolute Gasteiger partial charge is 0.598 e. The Hall–Kier alpha value is -3.14. The predicted octanol–water partition coefficient (Wildman–Crippen LogP) is 7.29. The number of hydrogen-bond acceptors (Lipinski definition) is 6. The highest BCUT2D eigenvalue weighted by Gasteiger charge is 2.39. The van der Waals surface area contributed by atoms with Gasteiger partial charge in [-0.25, -0.2) is 9.37 Å².